The summed E-state index contributed by atoms with van der Waals surface area (Å²) < 4.78 is 0. The summed E-state index contributed by atoms with van der Waals surface area (Å²) in [5.74, 6) is 2.92. The van der Waals surface area contributed by atoms with Gasteiger partial charge in [0, 0.05) is 5.69 Å². The van der Waals surface area contributed by atoms with Gasteiger partial charge in [-0.3, -0.25) is 4.99 Å². The highest BCUT2D eigenvalue weighted by molar-refractivity contribution is 5.75. The molecular weight excluding hydrogens is 232 g/mol. The van der Waals surface area contributed by atoms with E-state index in [9.17, 15) is 0 Å². The van der Waals surface area contributed by atoms with E-state index in [1.807, 2.05) is 12.4 Å². The van der Waals surface area contributed by atoms with E-state index in [-0.39, 0.29) is 5.54 Å². The maximum atomic E-state index is 4.97. The lowest BCUT2D eigenvalue weighted by Crippen LogP contribution is -2.49. The average molecular weight is 254 g/mol. The zero-order valence-electron chi connectivity index (χ0n) is 11.4. The SMILES string of the molecule is C(=NC12CC3CC(CC(C3)C1)C2)Nc1ccccc1. The molecule has 2 heteroatoms. The standard InChI is InChI=1S/C17H22N2/c1-2-4-16(5-3-1)18-12-19-17-9-13-6-14(10-17)8-15(7-13)11-17/h1-5,12-15H,6-11H2,(H,18,19). The van der Waals surface area contributed by atoms with Crippen molar-refractivity contribution in [2.45, 2.75) is 44.1 Å². The maximum absolute atomic E-state index is 4.97. The van der Waals surface area contributed by atoms with Crippen LogP contribution in [0.5, 0.6) is 0 Å². The molecule has 0 saturated heterocycles. The van der Waals surface area contributed by atoms with Gasteiger partial charge in [-0.25, -0.2) is 0 Å². The highest BCUT2D eigenvalue weighted by Gasteiger charge is 2.50. The third-order valence-electron chi connectivity index (χ3n) is 5.35. The van der Waals surface area contributed by atoms with Crippen LogP contribution in [-0.2, 0) is 0 Å². The highest BCUT2D eigenvalue weighted by Crippen LogP contribution is 2.57. The van der Waals surface area contributed by atoms with E-state index in [2.05, 4.69) is 29.6 Å². The van der Waals surface area contributed by atoms with Crippen molar-refractivity contribution in [3.63, 3.8) is 0 Å². The fraction of sp³-hybridized carbons (Fsp3) is 0.588. The molecule has 4 fully saturated rings. The van der Waals surface area contributed by atoms with Gasteiger partial charge in [0.2, 0.25) is 0 Å². The number of rotatable bonds is 3. The first-order valence-corrected chi connectivity index (χ1v) is 7.67. The Kier molecular flexibility index (Phi) is 2.64. The summed E-state index contributed by atoms with van der Waals surface area (Å²) in [7, 11) is 0. The topological polar surface area (TPSA) is 24.4 Å². The van der Waals surface area contributed by atoms with Crippen molar-refractivity contribution in [1.29, 1.82) is 0 Å². The lowest BCUT2D eigenvalue weighted by molar-refractivity contribution is 0.00192. The number of hydrogen-bond acceptors (Lipinski definition) is 1. The van der Waals surface area contributed by atoms with Crippen LogP contribution in [0.25, 0.3) is 0 Å². The van der Waals surface area contributed by atoms with Gasteiger partial charge in [0.15, 0.2) is 0 Å². The molecule has 1 aromatic rings. The van der Waals surface area contributed by atoms with Gasteiger partial charge < -0.3 is 5.32 Å². The van der Waals surface area contributed by atoms with Crippen molar-refractivity contribution >= 4 is 12.0 Å². The van der Waals surface area contributed by atoms with E-state index in [4.69, 9.17) is 4.99 Å². The van der Waals surface area contributed by atoms with Crippen LogP contribution < -0.4 is 5.32 Å². The normalized spacial score (nSPS) is 39.9. The van der Waals surface area contributed by atoms with Crippen molar-refractivity contribution in [3.8, 4) is 0 Å². The fourth-order valence-corrected chi connectivity index (χ4v) is 5.00. The Morgan fingerprint density at radius 2 is 1.53 bits per heavy atom. The van der Waals surface area contributed by atoms with E-state index < -0.39 is 0 Å². The third kappa shape index (κ3) is 2.18. The molecule has 2 nitrogen and oxygen atoms in total. The number of anilines is 1. The summed E-state index contributed by atoms with van der Waals surface area (Å²) in [4.78, 5) is 4.97. The summed E-state index contributed by atoms with van der Waals surface area (Å²) in [6.45, 7) is 0. The zero-order chi connectivity index (χ0) is 12.7. The minimum atomic E-state index is 0.288. The van der Waals surface area contributed by atoms with Crippen LogP contribution in [0, 0.1) is 17.8 Å². The molecule has 0 amide bonds. The van der Waals surface area contributed by atoms with Gasteiger partial charge >= 0.3 is 0 Å². The molecule has 0 heterocycles. The largest absolute Gasteiger partial charge is 0.347 e. The lowest BCUT2D eigenvalue weighted by Gasteiger charge is -2.54. The number of aliphatic imine (C=N–C) groups is 1. The summed E-state index contributed by atoms with van der Waals surface area (Å²) >= 11 is 0. The summed E-state index contributed by atoms with van der Waals surface area (Å²) in [5.41, 5.74) is 1.42. The minimum Gasteiger partial charge on any atom is -0.347 e. The predicted molar refractivity (Wildman–Crippen MR) is 79.5 cm³/mol. The number of hydrogen-bond donors (Lipinski definition) is 1. The number of nitrogens with one attached hydrogen (secondary N) is 1. The molecule has 4 aliphatic rings. The van der Waals surface area contributed by atoms with Crippen molar-refractivity contribution in [3.05, 3.63) is 30.3 Å². The van der Waals surface area contributed by atoms with Crippen molar-refractivity contribution in [2.75, 3.05) is 5.32 Å². The molecule has 0 atom stereocenters. The van der Waals surface area contributed by atoms with E-state index in [0.717, 1.165) is 23.4 Å². The quantitative estimate of drug-likeness (QED) is 0.637. The van der Waals surface area contributed by atoms with Gasteiger partial charge in [-0.05, 0) is 68.4 Å². The van der Waals surface area contributed by atoms with Crippen LogP contribution in [0.1, 0.15) is 38.5 Å². The van der Waals surface area contributed by atoms with Gasteiger partial charge in [-0.15, -0.1) is 0 Å². The van der Waals surface area contributed by atoms with Crippen LogP contribution in [0.3, 0.4) is 0 Å². The zero-order valence-corrected chi connectivity index (χ0v) is 11.4. The molecule has 4 aliphatic carbocycles. The molecule has 0 aliphatic heterocycles. The average Bonchev–Trinajstić information content (AvgIpc) is 2.38. The summed E-state index contributed by atoms with van der Waals surface area (Å²) in [6.07, 6.45) is 10.4. The number of nitrogens with zero attached hydrogens (tertiary/aromatic N) is 1. The first-order chi connectivity index (χ1) is 9.31. The maximum Gasteiger partial charge on any atom is 0.0874 e. The van der Waals surface area contributed by atoms with E-state index in [1.54, 1.807) is 0 Å². The van der Waals surface area contributed by atoms with E-state index in [0.29, 0.717) is 0 Å². The van der Waals surface area contributed by atoms with Gasteiger partial charge in [-0.2, -0.15) is 0 Å². The van der Waals surface area contributed by atoms with Gasteiger partial charge in [0.05, 0.1) is 11.9 Å². The molecular formula is C17H22N2. The minimum absolute atomic E-state index is 0.288. The molecule has 1 N–H and O–H groups in total. The van der Waals surface area contributed by atoms with Gasteiger partial charge in [0.25, 0.3) is 0 Å². The highest BCUT2D eigenvalue weighted by atomic mass is 15.0. The van der Waals surface area contributed by atoms with Crippen molar-refractivity contribution in [1.82, 2.24) is 0 Å². The second kappa shape index (κ2) is 4.36. The molecule has 4 saturated carbocycles. The Morgan fingerprint density at radius 1 is 0.947 bits per heavy atom. The Bertz CT molecular complexity index is 442. The third-order valence-corrected chi connectivity index (χ3v) is 5.35. The smallest absolute Gasteiger partial charge is 0.0874 e. The van der Waals surface area contributed by atoms with E-state index >= 15 is 0 Å². The molecule has 100 valence electrons. The molecule has 0 spiro atoms. The van der Waals surface area contributed by atoms with Crippen molar-refractivity contribution < 1.29 is 0 Å². The van der Waals surface area contributed by atoms with Crippen LogP contribution in [0.15, 0.2) is 35.3 Å². The fourth-order valence-electron chi connectivity index (χ4n) is 5.00. The first-order valence-electron chi connectivity index (χ1n) is 7.67. The number of para-hydroxylation sites is 1. The number of benzene rings is 1. The second-order valence-electron chi connectivity index (χ2n) is 6.91. The van der Waals surface area contributed by atoms with Crippen LogP contribution in [0.2, 0.25) is 0 Å². The van der Waals surface area contributed by atoms with Crippen LogP contribution in [0.4, 0.5) is 5.69 Å². The molecule has 5 rings (SSSR count). The first kappa shape index (κ1) is 11.5. The molecule has 0 radical (unpaired) electrons. The summed E-state index contributed by atoms with van der Waals surface area (Å²) in [6, 6.07) is 10.3. The van der Waals surface area contributed by atoms with Gasteiger partial charge in [-0.1, -0.05) is 18.2 Å². The molecule has 1 aromatic carbocycles. The Hall–Kier alpha value is -1.31. The Morgan fingerprint density at radius 3 is 2.11 bits per heavy atom. The Balaban J connectivity index is 1.47. The van der Waals surface area contributed by atoms with Gasteiger partial charge in [0.1, 0.15) is 0 Å². The molecule has 4 bridgehead atoms. The molecule has 19 heavy (non-hydrogen) atoms. The predicted octanol–water partition coefficient (Wildman–Crippen LogP) is 4.10. The second-order valence-corrected chi connectivity index (χ2v) is 6.91. The van der Waals surface area contributed by atoms with Crippen LogP contribution in [-0.4, -0.2) is 11.9 Å². The molecule has 0 unspecified atom stereocenters. The molecule has 0 aromatic heterocycles. The summed E-state index contributed by atoms with van der Waals surface area (Å²) in [5, 5.41) is 3.33. The van der Waals surface area contributed by atoms with Crippen LogP contribution >= 0.6 is 0 Å². The monoisotopic (exact) mass is 254 g/mol. The lowest BCUT2D eigenvalue weighted by atomic mass is 9.53. The van der Waals surface area contributed by atoms with E-state index in [1.165, 1.54) is 38.5 Å². The van der Waals surface area contributed by atoms with Crippen molar-refractivity contribution in [2.24, 2.45) is 22.7 Å². The Labute approximate surface area is 115 Å².